The molecule has 1 aromatic heterocycles. The van der Waals surface area contributed by atoms with E-state index in [1.165, 1.54) is 11.3 Å². The Labute approximate surface area is 133 Å². The topological polar surface area (TPSA) is 46.3 Å². The molecule has 1 heterocycles. The van der Waals surface area contributed by atoms with Gasteiger partial charge in [0, 0.05) is 19.2 Å². The SMILES string of the molecule is CN(Cc1ccc(C#CCN)cc1)C(=O)c1ccc(Cl)s1. The number of hydrogen-bond donors (Lipinski definition) is 1. The van der Waals surface area contributed by atoms with Crippen LogP contribution in [0.25, 0.3) is 0 Å². The molecule has 0 unspecified atom stereocenters. The minimum atomic E-state index is -0.0288. The maximum Gasteiger partial charge on any atom is 0.264 e. The number of carbonyl (C=O) groups is 1. The second kappa shape index (κ2) is 7.28. The van der Waals surface area contributed by atoms with E-state index >= 15 is 0 Å². The van der Waals surface area contributed by atoms with Crippen LogP contribution < -0.4 is 5.73 Å². The molecular weight excluding hydrogens is 304 g/mol. The van der Waals surface area contributed by atoms with Crippen LogP contribution in [-0.4, -0.2) is 24.4 Å². The van der Waals surface area contributed by atoms with Crippen molar-refractivity contribution >= 4 is 28.8 Å². The van der Waals surface area contributed by atoms with Crippen LogP contribution >= 0.6 is 22.9 Å². The Kier molecular flexibility index (Phi) is 5.40. The van der Waals surface area contributed by atoms with Crippen molar-refractivity contribution in [2.75, 3.05) is 13.6 Å². The molecule has 0 atom stereocenters. The fraction of sp³-hybridized carbons (Fsp3) is 0.188. The lowest BCUT2D eigenvalue weighted by atomic mass is 10.1. The molecule has 0 aliphatic carbocycles. The van der Waals surface area contributed by atoms with Gasteiger partial charge in [-0.3, -0.25) is 4.79 Å². The third-order valence-electron chi connectivity index (χ3n) is 2.84. The van der Waals surface area contributed by atoms with Crippen molar-refractivity contribution in [1.29, 1.82) is 0 Å². The summed E-state index contributed by atoms with van der Waals surface area (Å²) < 4.78 is 0.620. The highest BCUT2D eigenvalue weighted by Gasteiger charge is 2.14. The van der Waals surface area contributed by atoms with Crippen molar-refractivity contribution in [3.63, 3.8) is 0 Å². The lowest BCUT2D eigenvalue weighted by molar-refractivity contribution is 0.0790. The van der Waals surface area contributed by atoms with E-state index in [9.17, 15) is 4.79 Å². The van der Waals surface area contributed by atoms with Crippen molar-refractivity contribution in [1.82, 2.24) is 4.90 Å². The molecule has 2 N–H and O–H groups in total. The van der Waals surface area contributed by atoms with Gasteiger partial charge in [-0.25, -0.2) is 0 Å². The van der Waals surface area contributed by atoms with Crippen LogP contribution in [0.1, 0.15) is 20.8 Å². The maximum atomic E-state index is 12.2. The number of carbonyl (C=O) groups excluding carboxylic acids is 1. The van der Waals surface area contributed by atoms with E-state index in [-0.39, 0.29) is 5.91 Å². The van der Waals surface area contributed by atoms with Crippen LogP contribution in [0.4, 0.5) is 0 Å². The molecule has 21 heavy (non-hydrogen) atoms. The zero-order valence-corrected chi connectivity index (χ0v) is 13.2. The van der Waals surface area contributed by atoms with E-state index < -0.39 is 0 Å². The monoisotopic (exact) mass is 318 g/mol. The van der Waals surface area contributed by atoms with E-state index in [2.05, 4.69) is 11.8 Å². The molecular formula is C16H15ClN2OS. The molecule has 0 aliphatic rings. The summed E-state index contributed by atoms with van der Waals surface area (Å²) in [6.07, 6.45) is 0. The summed E-state index contributed by atoms with van der Waals surface area (Å²) in [4.78, 5) is 14.5. The number of rotatable bonds is 3. The predicted molar refractivity (Wildman–Crippen MR) is 87.5 cm³/mol. The molecule has 5 heteroatoms. The Morgan fingerprint density at radius 1 is 1.29 bits per heavy atom. The molecule has 0 fully saturated rings. The summed E-state index contributed by atoms with van der Waals surface area (Å²) in [5.41, 5.74) is 7.30. The number of nitrogens with two attached hydrogens (primary N) is 1. The fourth-order valence-corrected chi connectivity index (χ4v) is 2.85. The van der Waals surface area contributed by atoms with Crippen LogP contribution in [0.2, 0.25) is 4.34 Å². The van der Waals surface area contributed by atoms with E-state index in [0.29, 0.717) is 22.3 Å². The Balaban J connectivity index is 2.02. The second-order valence-electron chi connectivity index (χ2n) is 4.47. The standard InChI is InChI=1S/C16H15ClN2OS/c1-19(16(20)14-8-9-15(17)21-14)11-13-6-4-12(5-7-13)3-2-10-18/h4-9H,10-11,18H2,1H3. The average molecular weight is 319 g/mol. The molecule has 0 saturated heterocycles. The molecule has 1 amide bonds. The maximum absolute atomic E-state index is 12.2. The Morgan fingerprint density at radius 3 is 2.57 bits per heavy atom. The van der Waals surface area contributed by atoms with Crippen molar-refractivity contribution < 1.29 is 4.79 Å². The lowest BCUT2D eigenvalue weighted by Gasteiger charge is -2.16. The molecule has 3 nitrogen and oxygen atoms in total. The number of halogens is 1. The summed E-state index contributed by atoms with van der Waals surface area (Å²) in [6, 6.07) is 11.3. The smallest absolute Gasteiger partial charge is 0.264 e. The molecule has 0 bridgehead atoms. The first-order chi connectivity index (χ1) is 10.1. The fourth-order valence-electron chi connectivity index (χ4n) is 1.81. The molecule has 2 aromatic rings. The van der Waals surface area contributed by atoms with Gasteiger partial charge < -0.3 is 10.6 Å². The van der Waals surface area contributed by atoms with Crippen LogP contribution in [-0.2, 0) is 6.54 Å². The van der Waals surface area contributed by atoms with E-state index in [0.717, 1.165) is 11.1 Å². The molecule has 0 saturated carbocycles. The van der Waals surface area contributed by atoms with E-state index in [1.54, 1.807) is 24.1 Å². The zero-order chi connectivity index (χ0) is 15.2. The molecule has 108 valence electrons. The number of benzene rings is 1. The average Bonchev–Trinajstić information content (AvgIpc) is 2.92. The van der Waals surface area contributed by atoms with Crippen LogP contribution in [0, 0.1) is 11.8 Å². The highest BCUT2D eigenvalue weighted by Crippen LogP contribution is 2.22. The van der Waals surface area contributed by atoms with Gasteiger partial charge in [0.05, 0.1) is 15.8 Å². The summed E-state index contributed by atoms with van der Waals surface area (Å²) in [6.45, 7) is 0.890. The second-order valence-corrected chi connectivity index (χ2v) is 6.18. The Hall–Kier alpha value is -1.80. The normalized spacial score (nSPS) is 9.86. The van der Waals surface area contributed by atoms with Crippen molar-refractivity contribution in [3.8, 4) is 11.8 Å². The first kappa shape index (κ1) is 15.6. The molecule has 1 aromatic carbocycles. The first-order valence-corrected chi connectivity index (χ1v) is 7.58. The third-order valence-corrected chi connectivity index (χ3v) is 4.06. The Morgan fingerprint density at radius 2 is 2.00 bits per heavy atom. The molecule has 2 rings (SSSR count). The van der Waals surface area contributed by atoms with Gasteiger partial charge in [0.1, 0.15) is 0 Å². The molecule has 0 spiro atoms. The first-order valence-electron chi connectivity index (χ1n) is 6.39. The number of amides is 1. The van der Waals surface area contributed by atoms with Crippen molar-refractivity contribution in [3.05, 3.63) is 56.7 Å². The van der Waals surface area contributed by atoms with Gasteiger partial charge in [0.15, 0.2) is 0 Å². The van der Waals surface area contributed by atoms with E-state index in [4.69, 9.17) is 17.3 Å². The lowest BCUT2D eigenvalue weighted by Crippen LogP contribution is -2.25. The van der Waals surface area contributed by atoms with Gasteiger partial charge in [0.2, 0.25) is 0 Å². The highest BCUT2D eigenvalue weighted by atomic mass is 35.5. The van der Waals surface area contributed by atoms with Crippen LogP contribution in [0.15, 0.2) is 36.4 Å². The molecule has 0 aliphatic heterocycles. The number of hydrogen-bond acceptors (Lipinski definition) is 3. The quantitative estimate of drug-likeness (QED) is 0.884. The van der Waals surface area contributed by atoms with Crippen LogP contribution in [0.3, 0.4) is 0 Å². The predicted octanol–water partition coefficient (Wildman–Crippen LogP) is 2.98. The largest absolute Gasteiger partial charge is 0.337 e. The summed E-state index contributed by atoms with van der Waals surface area (Å²) in [7, 11) is 1.78. The van der Waals surface area contributed by atoms with Crippen LogP contribution in [0.5, 0.6) is 0 Å². The summed E-state index contributed by atoms with van der Waals surface area (Å²) in [5, 5.41) is 0. The van der Waals surface area contributed by atoms with Gasteiger partial charge in [-0.2, -0.15) is 0 Å². The van der Waals surface area contributed by atoms with Gasteiger partial charge in [-0.05, 0) is 29.8 Å². The Bertz CT molecular complexity index is 682. The minimum Gasteiger partial charge on any atom is -0.337 e. The van der Waals surface area contributed by atoms with Crippen molar-refractivity contribution in [2.45, 2.75) is 6.54 Å². The summed E-state index contributed by atoms with van der Waals surface area (Å²) in [5.74, 6) is 5.75. The highest BCUT2D eigenvalue weighted by molar-refractivity contribution is 7.17. The van der Waals surface area contributed by atoms with Gasteiger partial charge in [-0.1, -0.05) is 35.6 Å². The zero-order valence-electron chi connectivity index (χ0n) is 11.6. The van der Waals surface area contributed by atoms with Gasteiger partial charge in [-0.15, -0.1) is 11.3 Å². The van der Waals surface area contributed by atoms with Gasteiger partial charge >= 0.3 is 0 Å². The summed E-state index contributed by atoms with van der Waals surface area (Å²) >= 11 is 7.14. The van der Waals surface area contributed by atoms with Gasteiger partial charge in [0.25, 0.3) is 5.91 Å². The minimum absolute atomic E-state index is 0.0288. The van der Waals surface area contributed by atoms with Crippen molar-refractivity contribution in [2.24, 2.45) is 5.73 Å². The number of nitrogens with zero attached hydrogens (tertiary/aromatic N) is 1. The third kappa shape index (κ3) is 4.33. The van der Waals surface area contributed by atoms with E-state index in [1.807, 2.05) is 24.3 Å². The number of thiophene rings is 1. The molecule has 0 radical (unpaired) electrons.